The van der Waals surface area contributed by atoms with Gasteiger partial charge in [0.1, 0.15) is 5.75 Å². The standard InChI is InChI=1S/C34H25ClF3N3O5S2/c35-16-9-10-22(46-14-23(42)39-17-6-4-5-15(11-17)34(36,37)38)19(12-16)24-25-20-13-21(28(25)47-30-29(24)48-33(45)40-30)27-26(20)31(43)41(32(27)44)18-7-2-1-3-8-18/h1-12,20-21,24-28H,13-14H2,(H,39,42)(H,40,45)/t20?,21?,24-,25?,26?,27?,28?/m1/s1. The maximum Gasteiger partial charge on any atom is 0.416 e. The lowest BCUT2D eigenvalue weighted by molar-refractivity contribution is -0.137. The number of carbonyl (C=O) groups excluding carboxylic acids is 3. The summed E-state index contributed by atoms with van der Waals surface area (Å²) < 4.78 is 45.6. The second-order valence-corrected chi connectivity index (χ2v) is 15.0. The molecule has 1 saturated heterocycles. The van der Waals surface area contributed by atoms with Crippen molar-refractivity contribution in [3.8, 4) is 5.75 Å². The van der Waals surface area contributed by atoms with E-state index >= 15 is 0 Å². The van der Waals surface area contributed by atoms with Crippen molar-refractivity contribution < 1.29 is 32.3 Å². The van der Waals surface area contributed by atoms with Crippen LogP contribution in [0.5, 0.6) is 5.75 Å². The van der Waals surface area contributed by atoms with Crippen molar-refractivity contribution in [2.75, 3.05) is 16.8 Å². The Kier molecular flexibility index (Phi) is 7.49. The van der Waals surface area contributed by atoms with E-state index < -0.39 is 42.0 Å². The van der Waals surface area contributed by atoms with Gasteiger partial charge in [-0.15, -0.1) is 11.8 Å². The molecule has 3 heterocycles. The molecular weight excluding hydrogens is 687 g/mol. The Morgan fingerprint density at radius 2 is 1.73 bits per heavy atom. The molecule has 246 valence electrons. The van der Waals surface area contributed by atoms with E-state index in [9.17, 15) is 32.3 Å². The Balaban J connectivity index is 1.12. The monoisotopic (exact) mass is 711 g/mol. The smallest absolute Gasteiger partial charge is 0.416 e. The number of H-pyrrole nitrogens is 1. The number of thioether (sulfide) groups is 1. The van der Waals surface area contributed by atoms with E-state index in [-0.39, 0.29) is 45.4 Å². The molecule has 0 radical (unpaired) electrons. The van der Waals surface area contributed by atoms with Gasteiger partial charge in [0.05, 0.1) is 28.1 Å². The third kappa shape index (κ3) is 5.05. The van der Waals surface area contributed by atoms with Gasteiger partial charge >= 0.3 is 11.0 Å². The van der Waals surface area contributed by atoms with E-state index in [0.717, 1.165) is 28.3 Å². The van der Waals surface area contributed by atoms with Crippen LogP contribution in [0.2, 0.25) is 5.02 Å². The van der Waals surface area contributed by atoms with Gasteiger partial charge in [-0.05, 0) is 72.7 Å². The molecule has 2 saturated carbocycles. The second-order valence-electron chi connectivity index (χ2n) is 12.4. The zero-order chi connectivity index (χ0) is 33.5. The van der Waals surface area contributed by atoms with E-state index in [1.165, 1.54) is 17.0 Å². The lowest BCUT2D eigenvalue weighted by Crippen LogP contribution is -2.42. The van der Waals surface area contributed by atoms with Crippen molar-refractivity contribution in [1.29, 1.82) is 0 Å². The van der Waals surface area contributed by atoms with Crippen LogP contribution in [0.3, 0.4) is 0 Å². The lowest BCUT2D eigenvalue weighted by Gasteiger charge is -2.43. The predicted molar refractivity (Wildman–Crippen MR) is 174 cm³/mol. The van der Waals surface area contributed by atoms with E-state index in [2.05, 4.69) is 10.3 Å². The fourth-order valence-corrected chi connectivity index (χ4v) is 11.3. The van der Waals surface area contributed by atoms with Gasteiger partial charge in [0.25, 0.3) is 5.91 Å². The molecule has 14 heteroatoms. The van der Waals surface area contributed by atoms with Crippen molar-refractivity contribution in [1.82, 2.24) is 4.98 Å². The fourth-order valence-electron chi connectivity index (χ4n) is 8.20. The lowest BCUT2D eigenvalue weighted by atomic mass is 9.68. The van der Waals surface area contributed by atoms with Crippen LogP contribution < -0.4 is 19.8 Å². The number of amides is 3. The molecule has 8 rings (SSSR count). The highest BCUT2D eigenvalue weighted by Crippen LogP contribution is 2.69. The van der Waals surface area contributed by atoms with Crippen molar-refractivity contribution in [2.24, 2.45) is 29.6 Å². The Morgan fingerprint density at radius 1 is 0.979 bits per heavy atom. The zero-order valence-corrected chi connectivity index (χ0v) is 27.1. The molecule has 2 aliphatic heterocycles. The number of carbonyl (C=O) groups is 3. The van der Waals surface area contributed by atoms with E-state index in [1.807, 2.05) is 6.07 Å². The van der Waals surface area contributed by atoms with Gasteiger partial charge in [-0.25, -0.2) is 0 Å². The molecule has 8 nitrogen and oxygen atoms in total. The number of imide groups is 1. The summed E-state index contributed by atoms with van der Waals surface area (Å²) in [4.78, 5) is 58.2. The number of hydrogen-bond acceptors (Lipinski definition) is 7. The Labute approximate surface area is 284 Å². The minimum Gasteiger partial charge on any atom is -0.483 e. The van der Waals surface area contributed by atoms with Gasteiger partial charge in [-0.3, -0.25) is 24.1 Å². The fraction of sp³-hybridized carbons (Fsp3) is 0.294. The molecule has 2 aliphatic carbocycles. The first kappa shape index (κ1) is 31.2. The highest BCUT2D eigenvalue weighted by molar-refractivity contribution is 8.00. The van der Waals surface area contributed by atoms with Crippen LogP contribution in [-0.2, 0) is 20.6 Å². The minimum absolute atomic E-state index is 0.0273. The number of thiazole rings is 1. The third-order valence-corrected chi connectivity index (χ3v) is 12.7. The minimum atomic E-state index is -4.57. The van der Waals surface area contributed by atoms with E-state index in [4.69, 9.17) is 16.3 Å². The third-order valence-electron chi connectivity index (χ3n) is 9.88. The van der Waals surface area contributed by atoms with Crippen LogP contribution >= 0.6 is 34.7 Å². The number of hydrogen-bond donors (Lipinski definition) is 2. The van der Waals surface area contributed by atoms with Crippen LogP contribution in [0, 0.1) is 29.6 Å². The number of halogens is 4. The number of aromatic amines is 1. The highest BCUT2D eigenvalue weighted by atomic mass is 35.5. The SMILES string of the molecule is O=C(COc1ccc(Cl)cc1[C@H]1c2sc(=O)[nH]c2SC2C3CC(C4C(=O)N(c5ccccc5)C(=O)C34)C21)Nc1cccc(C(F)(F)F)c1. The molecule has 6 unspecified atom stereocenters. The molecule has 2 bridgehead atoms. The Bertz CT molecular complexity index is 2040. The molecule has 0 spiro atoms. The number of rotatable bonds is 6. The summed E-state index contributed by atoms with van der Waals surface area (Å²) in [6.45, 7) is -0.507. The number of alkyl halides is 3. The van der Waals surface area contributed by atoms with Gasteiger partial charge in [0, 0.05) is 32.3 Å². The van der Waals surface area contributed by atoms with Gasteiger partial charge in [0.15, 0.2) is 6.61 Å². The molecule has 4 aliphatic rings. The molecule has 2 N–H and O–H groups in total. The summed E-state index contributed by atoms with van der Waals surface area (Å²) in [5, 5.41) is 3.47. The van der Waals surface area contributed by atoms with Gasteiger partial charge in [-0.1, -0.05) is 47.2 Å². The van der Waals surface area contributed by atoms with Gasteiger partial charge < -0.3 is 15.0 Å². The summed E-state index contributed by atoms with van der Waals surface area (Å²) in [5.74, 6) is -2.55. The average molecular weight is 712 g/mol. The predicted octanol–water partition coefficient (Wildman–Crippen LogP) is 6.80. The maximum absolute atomic E-state index is 14.0. The zero-order valence-electron chi connectivity index (χ0n) is 24.7. The van der Waals surface area contributed by atoms with Crippen LogP contribution in [0.4, 0.5) is 24.5 Å². The number of benzene rings is 3. The molecule has 1 aromatic heterocycles. The Hall–Kier alpha value is -4.07. The van der Waals surface area contributed by atoms with Crippen LogP contribution in [0.25, 0.3) is 0 Å². The molecule has 3 fully saturated rings. The summed E-state index contributed by atoms with van der Waals surface area (Å²) >= 11 is 9.15. The van der Waals surface area contributed by atoms with Gasteiger partial charge in [0.2, 0.25) is 11.8 Å². The average Bonchev–Trinajstić information content (AvgIpc) is 3.79. The number of nitrogens with one attached hydrogen (secondary N) is 2. The van der Waals surface area contributed by atoms with Crippen molar-refractivity contribution in [3.63, 3.8) is 0 Å². The van der Waals surface area contributed by atoms with Crippen molar-refractivity contribution in [2.45, 2.75) is 28.8 Å². The summed E-state index contributed by atoms with van der Waals surface area (Å²) in [7, 11) is 0. The number of nitrogens with zero attached hydrogens (tertiary/aromatic N) is 1. The van der Waals surface area contributed by atoms with Crippen molar-refractivity contribution >= 4 is 63.8 Å². The molecule has 48 heavy (non-hydrogen) atoms. The highest BCUT2D eigenvalue weighted by Gasteiger charge is 2.69. The van der Waals surface area contributed by atoms with Crippen LogP contribution in [0.15, 0.2) is 82.6 Å². The first-order chi connectivity index (χ1) is 23.0. The number of anilines is 2. The normalized spacial score (nSPS) is 27.1. The molecule has 4 aromatic rings. The number of para-hydroxylation sites is 1. The largest absolute Gasteiger partial charge is 0.483 e. The van der Waals surface area contributed by atoms with Crippen LogP contribution in [-0.4, -0.2) is 34.6 Å². The topological polar surface area (TPSA) is 109 Å². The number of ether oxygens (including phenoxy) is 1. The summed E-state index contributed by atoms with van der Waals surface area (Å²) in [6.07, 6.45) is -3.88. The summed E-state index contributed by atoms with van der Waals surface area (Å²) in [6, 6.07) is 18.2. The molecule has 7 atom stereocenters. The molecular formula is C34H25ClF3N3O5S2. The van der Waals surface area contributed by atoms with Crippen molar-refractivity contribution in [3.05, 3.63) is 103 Å². The summed E-state index contributed by atoms with van der Waals surface area (Å²) in [5.41, 5.74) is 0.253. The van der Waals surface area contributed by atoms with E-state index in [0.29, 0.717) is 33.5 Å². The van der Waals surface area contributed by atoms with E-state index in [1.54, 1.807) is 54.2 Å². The Morgan fingerprint density at radius 3 is 2.48 bits per heavy atom. The van der Waals surface area contributed by atoms with Gasteiger partial charge in [-0.2, -0.15) is 13.2 Å². The first-order valence-corrected chi connectivity index (χ1v) is 17.3. The number of fused-ring (bicyclic) bond motifs is 9. The quantitative estimate of drug-likeness (QED) is 0.213. The van der Waals surface area contributed by atoms with Crippen LogP contribution in [0.1, 0.15) is 28.3 Å². The first-order valence-electron chi connectivity index (χ1n) is 15.2. The second kappa shape index (κ2) is 11.5. The molecule has 3 amide bonds. The molecule has 3 aromatic carbocycles. The maximum atomic E-state index is 14.0. The number of aromatic nitrogens is 1.